The Morgan fingerprint density at radius 3 is 2.57 bits per heavy atom. The molecule has 1 aromatic rings. The Bertz CT molecular complexity index is 619. The van der Waals surface area contributed by atoms with Crippen LogP contribution in [0.5, 0.6) is 0 Å². The predicted octanol–water partition coefficient (Wildman–Crippen LogP) is 3.49. The fraction of sp³-hybridized carbons (Fsp3) is 0.462. The van der Waals surface area contributed by atoms with Crippen LogP contribution in [-0.4, -0.2) is 21.0 Å². The van der Waals surface area contributed by atoms with Crippen molar-refractivity contribution >= 4 is 43.5 Å². The van der Waals surface area contributed by atoms with E-state index in [0.717, 1.165) is 25.7 Å². The Morgan fingerprint density at radius 2 is 2.00 bits per heavy atom. The number of hydrogen-bond donors (Lipinski definition) is 1. The van der Waals surface area contributed by atoms with E-state index in [9.17, 15) is 13.2 Å². The zero-order valence-corrected chi connectivity index (χ0v) is 14.7. The van der Waals surface area contributed by atoms with Crippen molar-refractivity contribution in [3.8, 4) is 0 Å². The second-order valence-electron chi connectivity index (χ2n) is 4.51. The van der Waals surface area contributed by atoms with Gasteiger partial charge >= 0.3 is 5.97 Å². The Kier molecular flexibility index (Phi) is 7.12. The molecule has 0 saturated heterocycles. The summed E-state index contributed by atoms with van der Waals surface area (Å²) in [6.45, 7) is 2.36. The Labute approximate surface area is 138 Å². The summed E-state index contributed by atoms with van der Waals surface area (Å²) in [4.78, 5) is 11.7. The summed E-state index contributed by atoms with van der Waals surface area (Å²) in [5.41, 5.74) is -0.0226. The number of halogens is 2. The molecule has 5 nitrogen and oxygen atoms in total. The SMILES string of the molecule is CCCCCCOC(=O)c1cc(Br)cc(S(N)(=O)=O)c1Cl. The minimum atomic E-state index is -4.01. The third kappa shape index (κ3) is 5.58. The molecule has 21 heavy (non-hydrogen) atoms. The highest BCUT2D eigenvalue weighted by atomic mass is 79.9. The first kappa shape index (κ1) is 18.4. The van der Waals surface area contributed by atoms with E-state index in [-0.39, 0.29) is 22.1 Å². The first-order chi connectivity index (χ1) is 9.77. The van der Waals surface area contributed by atoms with Gasteiger partial charge in [0.15, 0.2) is 0 Å². The van der Waals surface area contributed by atoms with E-state index in [0.29, 0.717) is 4.47 Å². The van der Waals surface area contributed by atoms with E-state index in [1.165, 1.54) is 12.1 Å². The molecular weight excluding hydrogens is 382 g/mol. The van der Waals surface area contributed by atoms with Crippen LogP contribution in [0.1, 0.15) is 43.0 Å². The van der Waals surface area contributed by atoms with Crippen LogP contribution < -0.4 is 5.14 Å². The lowest BCUT2D eigenvalue weighted by Crippen LogP contribution is -2.15. The van der Waals surface area contributed by atoms with Crippen LogP contribution in [0.3, 0.4) is 0 Å². The highest BCUT2D eigenvalue weighted by Gasteiger charge is 2.21. The van der Waals surface area contributed by atoms with Gasteiger partial charge in [0, 0.05) is 4.47 Å². The fourth-order valence-corrected chi connectivity index (χ4v) is 3.46. The quantitative estimate of drug-likeness (QED) is 0.562. The zero-order chi connectivity index (χ0) is 16.0. The highest BCUT2D eigenvalue weighted by Crippen LogP contribution is 2.29. The molecule has 118 valence electrons. The second-order valence-corrected chi connectivity index (χ2v) is 7.33. The maximum absolute atomic E-state index is 12.0. The Balaban J connectivity index is 2.88. The first-order valence-electron chi connectivity index (χ1n) is 6.46. The largest absolute Gasteiger partial charge is 0.462 e. The van der Waals surface area contributed by atoms with Gasteiger partial charge in [0.2, 0.25) is 10.0 Å². The van der Waals surface area contributed by atoms with Crippen molar-refractivity contribution in [3.05, 3.63) is 27.2 Å². The molecule has 0 radical (unpaired) electrons. The topological polar surface area (TPSA) is 86.5 Å². The molecule has 1 aromatic carbocycles. The molecule has 0 aromatic heterocycles. The standard InChI is InChI=1S/C13H17BrClNO4S/c1-2-3-4-5-6-20-13(17)10-7-9(14)8-11(12(10)15)21(16,18)19/h7-8H,2-6H2,1H3,(H2,16,18,19). The summed E-state index contributed by atoms with van der Waals surface area (Å²) in [5, 5.41) is 4.84. The van der Waals surface area contributed by atoms with Crippen molar-refractivity contribution in [2.75, 3.05) is 6.61 Å². The number of sulfonamides is 1. The van der Waals surface area contributed by atoms with Crippen molar-refractivity contribution in [1.29, 1.82) is 0 Å². The number of ether oxygens (including phenoxy) is 1. The second kappa shape index (κ2) is 8.12. The Hall–Kier alpha value is -0.630. The van der Waals surface area contributed by atoms with Crippen LogP contribution >= 0.6 is 27.5 Å². The number of benzene rings is 1. The van der Waals surface area contributed by atoms with Crippen LogP contribution in [0.2, 0.25) is 5.02 Å². The lowest BCUT2D eigenvalue weighted by atomic mass is 10.2. The fourth-order valence-electron chi connectivity index (χ4n) is 1.69. The molecule has 0 aliphatic rings. The van der Waals surface area contributed by atoms with E-state index in [4.69, 9.17) is 21.5 Å². The molecule has 0 spiro atoms. The lowest BCUT2D eigenvalue weighted by Gasteiger charge is -2.09. The van der Waals surface area contributed by atoms with Gasteiger partial charge in [-0.15, -0.1) is 0 Å². The average molecular weight is 399 g/mol. The van der Waals surface area contributed by atoms with Gasteiger partial charge in [0.25, 0.3) is 0 Å². The van der Waals surface area contributed by atoms with Crippen LogP contribution in [-0.2, 0) is 14.8 Å². The molecule has 0 heterocycles. The molecule has 0 saturated carbocycles. The van der Waals surface area contributed by atoms with E-state index >= 15 is 0 Å². The van der Waals surface area contributed by atoms with E-state index in [1.54, 1.807) is 0 Å². The van der Waals surface area contributed by atoms with Gasteiger partial charge in [0.05, 0.1) is 17.2 Å². The molecule has 0 fully saturated rings. The number of unbranched alkanes of at least 4 members (excludes halogenated alkanes) is 3. The molecular formula is C13H17BrClNO4S. The average Bonchev–Trinajstić information content (AvgIpc) is 2.39. The number of nitrogens with two attached hydrogens (primary N) is 1. The smallest absolute Gasteiger partial charge is 0.339 e. The van der Waals surface area contributed by atoms with Crippen molar-refractivity contribution in [1.82, 2.24) is 0 Å². The summed E-state index contributed by atoms with van der Waals surface area (Å²) < 4.78 is 28.3. The van der Waals surface area contributed by atoms with Gasteiger partial charge in [-0.1, -0.05) is 53.7 Å². The van der Waals surface area contributed by atoms with Gasteiger partial charge in [-0.3, -0.25) is 0 Å². The Morgan fingerprint density at radius 1 is 1.33 bits per heavy atom. The lowest BCUT2D eigenvalue weighted by molar-refractivity contribution is 0.0497. The molecule has 0 atom stereocenters. The van der Waals surface area contributed by atoms with E-state index < -0.39 is 16.0 Å². The predicted molar refractivity (Wildman–Crippen MR) is 84.9 cm³/mol. The molecule has 2 N–H and O–H groups in total. The van der Waals surface area contributed by atoms with Crippen LogP contribution in [0, 0.1) is 0 Å². The molecule has 0 bridgehead atoms. The van der Waals surface area contributed by atoms with Gasteiger partial charge in [-0.2, -0.15) is 0 Å². The number of primary sulfonamides is 1. The number of hydrogen-bond acceptors (Lipinski definition) is 4. The summed E-state index contributed by atoms with van der Waals surface area (Å²) in [6.07, 6.45) is 3.89. The van der Waals surface area contributed by atoms with E-state index in [2.05, 4.69) is 22.9 Å². The third-order valence-electron chi connectivity index (χ3n) is 2.76. The maximum atomic E-state index is 12.0. The number of carbonyl (C=O) groups is 1. The molecule has 0 amide bonds. The van der Waals surface area contributed by atoms with Crippen LogP contribution in [0.4, 0.5) is 0 Å². The normalized spacial score (nSPS) is 11.4. The summed E-state index contributed by atoms with van der Waals surface area (Å²) in [7, 11) is -4.01. The van der Waals surface area contributed by atoms with Gasteiger partial charge in [0.1, 0.15) is 4.90 Å². The number of esters is 1. The molecule has 0 aliphatic heterocycles. The molecule has 1 rings (SSSR count). The monoisotopic (exact) mass is 397 g/mol. The van der Waals surface area contributed by atoms with Crippen molar-refractivity contribution in [2.24, 2.45) is 5.14 Å². The molecule has 0 aliphatic carbocycles. The van der Waals surface area contributed by atoms with E-state index in [1.807, 2.05) is 0 Å². The molecule has 0 unspecified atom stereocenters. The minimum absolute atomic E-state index is 0.0226. The first-order valence-corrected chi connectivity index (χ1v) is 9.18. The number of rotatable bonds is 7. The maximum Gasteiger partial charge on any atom is 0.339 e. The summed E-state index contributed by atoms with van der Waals surface area (Å²) in [5.74, 6) is -0.664. The zero-order valence-electron chi connectivity index (χ0n) is 11.6. The summed E-state index contributed by atoms with van der Waals surface area (Å²) >= 11 is 9.07. The third-order valence-corrected chi connectivity index (χ3v) is 4.67. The van der Waals surface area contributed by atoms with Crippen molar-refractivity contribution in [3.63, 3.8) is 0 Å². The van der Waals surface area contributed by atoms with Gasteiger partial charge in [-0.05, 0) is 18.6 Å². The minimum Gasteiger partial charge on any atom is -0.462 e. The summed E-state index contributed by atoms with van der Waals surface area (Å²) in [6, 6.07) is 2.65. The van der Waals surface area contributed by atoms with Gasteiger partial charge < -0.3 is 4.74 Å². The van der Waals surface area contributed by atoms with Crippen LogP contribution in [0.25, 0.3) is 0 Å². The number of carbonyl (C=O) groups excluding carboxylic acids is 1. The molecule has 8 heteroatoms. The van der Waals surface area contributed by atoms with Crippen molar-refractivity contribution in [2.45, 2.75) is 37.5 Å². The van der Waals surface area contributed by atoms with Gasteiger partial charge in [-0.25, -0.2) is 18.4 Å². The van der Waals surface area contributed by atoms with Crippen molar-refractivity contribution < 1.29 is 17.9 Å². The highest BCUT2D eigenvalue weighted by molar-refractivity contribution is 9.10. The van der Waals surface area contributed by atoms with Crippen LogP contribution in [0.15, 0.2) is 21.5 Å².